The highest BCUT2D eigenvalue weighted by molar-refractivity contribution is 14.1. The molecule has 0 amide bonds. The summed E-state index contributed by atoms with van der Waals surface area (Å²) in [4.78, 5) is 51.9. The highest BCUT2D eigenvalue weighted by Gasteiger charge is 2.22. The molecule has 2 aromatic rings. The van der Waals surface area contributed by atoms with E-state index in [2.05, 4.69) is 0 Å². The molecule has 0 aliphatic carbocycles. The van der Waals surface area contributed by atoms with Crippen molar-refractivity contribution in [2.75, 3.05) is 0 Å². The second-order valence-corrected chi connectivity index (χ2v) is 7.79. The summed E-state index contributed by atoms with van der Waals surface area (Å²) >= 11 is 3.71. The SMILES string of the molecule is O=C(O)C(=O)Cc1c(I)cccc1[N+](=O)[O-].O=C(O)Cc1c(I)cccc1[N+](=O)[O-]. The minimum Gasteiger partial charge on any atom is -0.481 e. The van der Waals surface area contributed by atoms with Crippen LogP contribution < -0.4 is 0 Å². The fourth-order valence-corrected chi connectivity index (χ4v) is 3.52. The van der Waals surface area contributed by atoms with Gasteiger partial charge in [-0.3, -0.25) is 29.8 Å². The molecule has 0 bridgehead atoms. The predicted octanol–water partition coefficient (Wildman–Crippen LogP) is 3.22. The van der Waals surface area contributed by atoms with Crippen molar-refractivity contribution in [3.8, 4) is 0 Å². The molecular formula is C17H12I2N2O9. The van der Waals surface area contributed by atoms with Gasteiger partial charge in [-0.1, -0.05) is 12.1 Å². The van der Waals surface area contributed by atoms with Crippen molar-refractivity contribution in [2.45, 2.75) is 12.8 Å². The predicted molar refractivity (Wildman–Crippen MR) is 119 cm³/mol. The Morgan fingerprint density at radius 1 is 0.800 bits per heavy atom. The average Bonchev–Trinajstić information content (AvgIpc) is 2.64. The Labute approximate surface area is 195 Å². The number of benzene rings is 2. The Hall–Kier alpha value is -2.69. The van der Waals surface area contributed by atoms with Gasteiger partial charge in [0.1, 0.15) is 0 Å². The first-order valence-electron chi connectivity index (χ1n) is 7.77. The van der Waals surface area contributed by atoms with E-state index in [4.69, 9.17) is 10.2 Å². The first kappa shape index (κ1) is 25.3. The lowest BCUT2D eigenvalue weighted by atomic mass is 10.1. The second kappa shape index (κ2) is 11.5. The fourth-order valence-electron chi connectivity index (χ4n) is 2.17. The van der Waals surface area contributed by atoms with Crippen molar-refractivity contribution >= 4 is 74.3 Å². The first-order valence-corrected chi connectivity index (χ1v) is 9.92. The van der Waals surface area contributed by atoms with Crippen LogP contribution in [0.4, 0.5) is 11.4 Å². The molecule has 30 heavy (non-hydrogen) atoms. The van der Waals surface area contributed by atoms with Gasteiger partial charge in [0.15, 0.2) is 0 Å². The lowest BCUT2D eigenvalue weighted by molar-refractivity contribution is -0.385. The van der Waals surface area contributed by atoms with Crippen LogP contribution in [0.2, 0.25) is 0 Å². The van der Waals surface area contributed by atoms with Gasteiger partial charge in [0.25, 0.3) is 11.4 Å². The molecule has 0 heterocycles. The molecule has 2 rings (SSSR count). The van der Waals surface area contributed by atoms with Crippen LogP contribution in [-0.2, 0) is 27.2 Å². The quantitative estimate of drug-likeness (QED) is 0.199. The largest absolute Gasteiger partial charge is 0.481 e. The molecule has 0 unspecified atom stereocenters. The third kappa shape index (κ3) is 7.29. The van der Waals surface area contributed by atoms with Gasteiger partial charge in [-0.2, -0.15) is 0 Å². The molecular weight excluding hydrogens is 630 g/mol. The number of rotatable bonds is 7. The molecule has 0 radical (unpaired) electrons. The molecule has 0 fully saturated rings. The maximum atomic E-state index is 11.0. The summed E-state index contributed by atoms with van der Waals surface area (Å²) in [6.07, 6.45) is -0.791. The van der Waals surface area contributed by atoms with Gasteiger partial charge in [0, 0.05) is 19.3 Å². The van der Waals surface area contributed by atoms with Gasteiger partial charge in [0.05, 0.1) is 33.8 Å². The smallest absolute Gasteiger partial charge is 0.372 e. The number of nitrogens with zero attached hydrogens (tertiary/aromatic N) is 2. The second-order valence-electron chi connectivity index (χ2n) is 5.46. The van der Waals surface area contributed by atoms with E-state index in [-0.39, 0.29) is 28.9 Å². The molecule has 0 aliphatic heterocycles. The molecule has 2 aromatic carbocycles. The minimum absolute atomic E-state index is 0.139. The van der Waals surface area contributed by atoms with E-state index >= 15 is 0 Å². The number of carbonyl (C=O) groups is 3. The van der Waals surface area contributed by atoms with Gasteiger partial charge in [-0.25, -0.2) is 4.79 Å². The molecule has 0 saturated carbocycles. The average molecular weight is 642 g/mol. The van der Waals surface area contributed by atoms with Crippen LogP contribution in [0, 0.1) is 27.4 Å². The third-order valence-corrected chi connectivity index (χ3v) is 5.51. The highest BCUT2D eigenvalue weighted by Crippen LogP contribution is 2.25. The van der Waals surface area contributed by atoms with Gasteiger partial charge in [0.2, 0.25) is 5.78 Å². The Kier molecular flexibility index (Phi) is 9.70. The number of carbonyl (C=O) groups excluding carboxylic acids is 1. The summed E-state index contributed by atoms with van der Waals surface area (Å²) in [6, 6.07) is 8.79. The molecule has 0 aromatic heterocycles. The summed E-state index contributed by atoms with van der Waals surface area (Å²) in [5, 5.41) is 38.2. The van der Waals surface area contributed by atoms with Gasteiger partial charge in [-0.15, -0.1) is 0 Å². The molecule has 0 aliphatic rings. The number of nitro groups is 2. The van der Waals surface area contributed by atoms with E-state index in [9.17, 15) is 34.6 Å². The van der Waals surface area contributed by atoms with Crippen LogP contribution in [0.3, 0.4) is 0 Å². The van der Waals surface area contributed by atoms with E-state index < -0.39 is 34.0 Å². The van der Waals surface area contributed by atoms with Crippen molar-refractivity contribution in [1.82, 2.24) is 0 Å². The molecule has 0 saturated heterocycles. The van der Waals surface area contributed by atoms with Crippen molar-refractivity contribution in [3.05, 3.63) is 74.9 Å². The Morgan fingerprint density at radius 3 is 1.53 bits per heavy atom. The zero-order valence-corrected chi connectivity index (χ0v) is 19.1. The standard InChI is InChI=1S/C9H6INO5.C8H6INO4/c10-6-2-1-3-7(11(15)16)5(6)4-8(12)9(13)14;9-6-2-1-3-7(10(13)14)5(6)4-8(11)12/h1-3H,4H2,(H,13,14);1-3H,4H2,(H,11,12). The summed E-state index contributed by atoms with van der Waals surface area (Å²) < 4.78 is 1.10. The number of aliphatic carboxylic acids is 2. The number of ketones is 1. The van der Waals surface area contributed by atoms with E-state index in [0.29, 0.717) is 7.14 Å². The zero-order valence-electron chi connectivity index (χ0n) is 14.8. The Balaban J connectivity index is 0.000000303. The monoisotopic (exact) mass is 642 g/mol. The normalized spacial score (nSPS) is 9.80. The summed E-state index contributed by atoms with van der Waals surface area (Å²) in [5.41, 5.74) is 0.0203. The van der Waals surface area contributed by atoms with Crippen LogP contribution in [0.15, 0.2) is 36.4 Å². The van der Waals surface area contributed by atoms with E-state index in [1.807, 2.05) is 45.2 Å². The number of hydrogen-bond donors (Lipinski definition) is 2. The van der Waals surface area contributed by atoms with Gasteiger partial charge >= 0.3 is 11.9 Å². The topological polar surface area (TPSA) is 178 Å². The van der Waals surface area contributed by atoms with Crippen LogP contribution in [-0.4, -0.2) is 37.8 Å². The van der Waals surface area contributed by atoms with Gasteiger partial charge in [-0.05, 0) is 57.3 Å². The van der Waals surface area contributed by atoms with Crippen molar-refractivity contribution < 1.29 is 34.4 Å². The minimum atomic E-state index is -1.59. The highest BCUT2D eigenvalue weighted by atomic mass is 127. The fraction of sp³-hybridized carbons (Fsp3) is 0.118. The van der Waals surface area contributed by atoms with E-state index in [1.165, 1.54) is 24.3 Å². The first-order chi connectivity index (χ1) is 14.0. The molecule has 0 atom stereocenters. The number of carboxylic acid groups (broad SMARTS) is 2. The third-order valence-electron chi connectivity index (χ3n) is 3.49. The number of nitro benzene ring substituents is 2. The maximum absolute atomic E-state index is 11.0. The van der Waals surface area contributed by atoms with Crippen molar-refractivity contribution in [2.24, 2.45) is 0 Å². The molecule has 2 N–H and O–H groups in total. The lowest BCUT2D eigenvalue weighted by Gasteiger charge is -2.02. The number of Topliss-reactive ketones (excluding diaryl/α,β-unsaturated/α-hetero) is 1. The van der Waals surface area contributed by atoms with Crippen LogP contribution in [0.25, 0.3) is 0 Å². The Bertz CT molecular complexity index is 1020. The van der Waals surface area contributed by atoms with Gasteiger partial charge < -0.3 is 10.2 Å². The molecule has 158 valence electrons. The Morgan fingerprint density at radius 2 is 1.20 bits per heavy atom. The van der Waals surface area contributed by atoms with E-state index in [1.54, 1.807) is 12.1 Å². The van der Waals surface area contributed by atoms with Crippen molar-refractivity contribution in [1.29, 1.82) is 0 Å². The van der Waals surface area contributed by atoms with Crippen LogP contribution in [0.5, 0.6) is 0 Å². The number of halogens is 2. The van der Waals surface area contributed by atoms with Crippen LogP contribution >= 0.6 is 45.2 Å². The van der Waals surface area contributed by atoms with E-state index in [0.717, 1.165) is 0 Å². The molecule has 13 heteroatoms. The summed E-state index contributed by atoms with van der Waals surface area (Å²) in [6.45, 7) is 0. The zero-order chi connectivity index (χ0) is 23.0. The number of hydrogen-bond acceptors (Lipinski definition) is 7. The lowest BCUT2D eigenvalue weighted by Crippen LogP contribution is -2.16. The summed E-state index contributed by atoms with van der Waals surface area (Å²) in [5.74, 6) is -3.72. The van der Waals surface area contributed by atoms with Crippen molar-refractivity contribution in [3.63, 3.8) is 0 Å². The molecule has 0 spiro atoms. The maximum Gasteiger partial charge on any atom is 0.372 e. The van der Waals surface area contributed by atoms with Crippen LogP contribution in [0.1, 0.15) is 11.1 Å². The summed E-state index contributed by atoms with van der Waals surface area (Å²) in [7, 11) is 0. The number of carboxylic acids is 2. The molecule has 11 nitrogen and oxygen atoms in total.